The predicted octanol–water partition coefficient (Wildman–Crippen LogP) is 1.44. The fraction of sp³-hybridized carbons (Fsp3) is 0.375. The Balaban J connectivity index is 2.79. The molecule has 0 atom stereocenters. The van der Waals surface area contributed by atoms with Gasteiger partial charge in [-0.25, -0.2) is 9.97 Å². The molecule has 0 saturated carbocycles. The van der Waals surface area contributed by atoms with Crippen LogP contribution in [0.15, 0.2) is 6.07 Å². The zero-order valence-electron chi connectivity index (χ0n) is 8.38. The van der Waals surface area contributed by atoms with Crippen LogP contribution in [-0.4, -0.2) is 22.4 Å². The second kappa shape index (κ2) is 5.17. The maximum atomic E-state index is 12.3. The van der Waals surface area contributed by atoms with Crippen molar-refractivity contribution in [3.05, 3.63) is 17.0 Å². The average molecular weight is 269 g/mol. The van der Waals surface area contributed by atoms with E-state index in [1.54, 1.807) is 0 Å². The van der Waals surface area contributed by atoms with Crippen LogP contribution >= 0.6 is 11.6 Å². The fourth-order valence-electron chi connectivity index (χ4n) is 0.967. The first kappa shape index (κ1) is 13.5. The Labute approximate surface area is 99.2 Å². The molecule has 0 unspecified atom stereocenters. The lowest BCUT2D eigenvalue weighted by Gasteiger charge is -2.09. The normalized spacial score (nSPS) is 11.3. The molecule has 1 aromatic heterocycles. The monoisotopic (exact) mass is 268 g/mol. The van der Waals surface area contributed by atoms with Gasteiger partial charge in [-0.05, 0) is 11.6 Å². The molecule has 1 rings (SSSR count). The molecular formula is C8H8ClF3N4O. The topological polar surface area (TPSA) is 80.9 Å². The smallest absolute Gasteiger partial charge is 0.370 e. The lowest BCUT2D eigenvalue weighted by Crippen LogP contribution is -2.17. The molecule has 0 aliphatic rings. The molecule has 0 fully saturated rings. The van der Waals surface area contributed by atoms with Crippen molar-refractivity contribution in [2.75, 3.05) is 11.9 Å². The van der Waals surface area contributed by atoms with E-state index in [0.29, 0.717) is 6.07 Å². The van der Waals surface area contributed by atoms with Crippen LogP contribution in [0.5, 0.6) is 0 Å². The second-order valence-electron chi connectivity index (χ2n) is 3.05. The van der Waals surface area contributed by atoms with Crippen molar-refractivity contribution in [2.24, 2.45) is 5.73 Å². The average Bonchev–Trinajstić information content (AvgIpc) is 2.14. The molecule has 0 bridgehead atoms. The summed E-state index contributed by atoms with van der Waals surface area (Å²) in [5.41, 5.74) is 3.71. The highest BCUT2D eigenvalue weighted by atomic mass is 35.5. The number of anilines is 1. The van der Waals surface area contributed by atoms with Crippen LogP contribution in [0.1, 0.15) is 12.1 Å². The first-order chi connectivity index (χ1) is 7.79. The van der Waals surface area contributed by atoms with Crippen molar-refractivity contribution in [3.63, 3.8) is 0 Å². The summed E-state index contributed by atoms with van der Waals surface area (Å²) in [7, 11) is 0. The first-order valence-corrected chi connectivity index (χ1v) is 4.81. The van der Waals surface area contributed by atoms with Crippen molar-refractivity contribution in [1.82, 2.24) is 9.97 Å². The molecule has 1 heterocycles. The van der Waals surface area contributed by atoms with Crippen LogP contribution in [0.2, 0.25) is 5.28 Å². The molecule has 0 aliphatic carbocycles. The van der Waals surface area contributed by atoms with Gasteiger partial charge >= 0.3 is 6.18 Å². The highest BCUT2D eigenvalue weighted by molar-refractivity contribution is 6.28. The highest BCUT2D eigenvalue weighted by Gasteiger charge is 2.33. The fourth-order valence-corrected chi connectivity index (χ4v) is 1.15. The molecule has 0 spiro atoms. The number of carbonyl (C=O) groups is 1. The van der Waals surface area contributed by atoms with Gasteiger partial charge in [0.2, 0.25) is 11.2 Å². The largest absolute Gasteiger partial charge is 0.433 e. The molecule has 94 valence electrons. The highest BCUT2D eigenvalue weighted by Crippen LogP contribution is 2.29. The number of hydrogen-bond acceptors (Lipinski definition) is 4. The number of alkyl halides is 3. The van der Waals surface area contributed by atoms with Crippen molar-refractivity contribution >= 4 is 23.3 Å². The third-order valence-corrected chi connectivity index (χ3v) is 1.84. The van der Waals surface area contributed by atoms with Gasteiger partial charge in [0.05, 0.1) is 0 Å². The number of amides is 1. The molecule has 0 saturated heterocycles. The van der Waals surface area contributed by atoms with Gasteiger partial charge in [-0.2, -0.15) is 13.2 Å². The minimum atomic E-state index is -4.60. The van der Waals surface area contributed by atoms with Crippen molar-refractivity contribution < 1.29 is 18.0 Å². The molecule has 1 amide bonds. The zero-order valence-corrected chi connectivity index (χ0v) is 9.14. The SMILES string of the molecule is NC(=O)CCNc1cc(C(F)(F)F)nc(Cl)n1. The van der Waals surface area contributed by atoms with Gasteiger partial charge in [-0.15, -0.1) is 0 Å². The van der Waals surface area contributed by atoms with E-state index in [2.05, 4.69) is 15.3 Å². The van der Waals surface area contributed by atoms with E-state index < -0.39 is 23.1 Å². The van der Waals surface area contributed by atoms with Gasteiger partial charge in [0.1, 0.15) is 5.82 Å². The lowest BCUT2D eigenvalue weighted by molar-refractivity contribution is -0.141. The Morgan fingerprint density at radius 1 is 1.47 bits per heavy atom. The quantitative estimate of drug-likeness (QED) is 0.810. The van der Waals surface area contributed by atoms with Crippen molar-refractivity contribution in [3.8, 4) is 0 Å². The van der Waals surface area contributed by atoms with Gasteiger partial charge in [-0.1, -0.05) is 0 Å². The van der Waals surface area contributed by atoms with Gasteiger partial charge in [0.15, 0.2) is 5.69 Å². The molecule has 17 heavy (non-hydrogen) atoms. The predicted molar refractivity (Wildman–Crippen MR) is 54.3 cm³/mol. The molecule has 1 aromatic rings. The minimum Gasteiger partial charge on any atom is -0.370 e. The van der Waals surface area contributed by atoms with E-state index in [1.807, 2.05) is 0 Å². The van der Waals surface area contributed by atoms with Gasteiger partial charge in [-0.3, -0.25) is 4.79 Å². The summed E-state index contributed by atoms with van der Waals surface area (Å²) >= 11 is 5.34. The Bertz CT molecular complexity index is 424. The standard InChI is InChI=1S/C8H8ClF3N4O/c9-7-15-4(8(10,11)12)3-6(16-7)14-2-1-5(13)17/h3H,1-2H2,(H2,13,17)(H,14,15,16). The van der Waals surface area contributed by atoms with E-state index in [4.69, 9.17) is 17.3 Å². The maximum Gasteiger partial charge on any atom is 0.433 e. The summed E-state index contributed by atoms with van der Waals surface area (Å²) in [5, 5.41) is 1.97. The van der Waals surface area contributed by atoms with E-state index in [-0.39, 0.29) is 18.8 Å². The molecule has 0 radical (unpaired) electrons. The first-order valence-electron chi connectivity index (χ1n) is 4.43. The zero-order chi connectivity index (χ0) is 13.1. The van der Waals surface area contributed by atoms with E-state index >= 15 is 0 Å². The summed E-state index contributed by atoms with van der Waals surface area (Å²) in [6.07, 6.45) is -4.63. The molecular weight excluding hydrogens is 261 g/mol. The number of carbonyl (C=O) groups excluding carboxylic acids is 1. The van der Waals surface area contributed by atoms with Crippen LogP contribution in [-0.2, 0) is 11.0 Å². The molecule has 5 nitrogen and oxygen atoms in total. The van der Waals surface area contributed by atoms with Crippen molar-refractivity contribution in [1.29, 1.82) is 0 Å². The summed E-state index contributed by atoms with van der Waals surface area (Å²) in [6.45, 7) is 0.0694. The molecule has 0 aromatic carbocycles. The maximum absolute atomic E-state index is 12.3. The summed E-state index contributed by atoms with van der Waals surface area (Å²) < 4.78 is 37.0. The van der Waals surface area contributed by atoms with Crippen LogP contribution in [0.25, 0.3) is 0 Å². The lowest BCUT2D eigenvalue weighted by atomic mass is 10.3. The summed E-state index contributed by atoms with van der Waals surface area (Å²) in [5.74, 6) is -0.688. The van der Waals surface area contributed by atoms with E-state index in [9.17, 15) is 18.0 Å². The second-order valence-corrected chi connectivity index (χ2v) is 3.39. The van der Waals surface area contributed by atoms with Gasteiger partial charge in [0, 0.05) is 19.0 Å². The van der Waals surface area contributed by atoms with E-state index in [1.165, 1.54) is 0 Å². The van der Waals surface area contributed by atoms with Crippen LogP contribution in [0, 0.1) is 0 Å². The number of nitrogens with two attached hydrogens (primary N) is 1. The molecule has 0 aliphatic heterocycles. The van der Waals surface area contributed by atoms with E-state index in [0.717, 1.165) is 0 Å². The Morgan fingerprint density at radius 2 is 2.12 bits per heavy atom. The van der Waals surface area contributed by atoms with Gasteiger partial charge < -0.3 is 11.1 Å². The Morgan fingerprint density at radius 3 is 2.65 bits per heavy atom. The summed E-state index contributed by atoms with van der Waals surface area (Å²) in [4.78, 5) is 17.0. The number of nitrogens with zero attached hydrogens (tertiary/aromatic N) is 2. The number of hydrogen-bond donors (Lipinski definition) is 2. The van der Waals surface area contributed by atoms with Crippen molar-refractivity contribution in [2.45, 2.75) is 12.6 Å². The molecule has 3 N–H and O–H groups in total. The third-order valence-electron chi connectivity index (χ3n) is 1.67. The number of nitrogens with one attached hydrogen (secondary N) is 1. The number of primary amides is 1. The van der Waals surface area contributed by atoms with Crippen LogP contribution in [0.3, 0.4) is 0 Å². The van der Waals surface area contributed by atoms with Crippen LogP contribution in [0.4, 0.5) is 19.0 Å². The van der Waals surface area contributed by atoms with Crippen LogP contribution < -0.4 is 11.1 Å². The van der Waals surface area contributed by atoms with Gasteiger partial charge in [0.25, 0.3) is 0 Å². The Hall–Kier alpha value is -1.57. The number of aromatic nitrogens is 2. The molecule has 9 heteroatoms. The number of halogens is 4. The minimum absolute atomic E-state index is 0.0248. The third kappa shape index (κ3) is 4.43. The Kier molecular flexibility index (Phi) is 4.11. The number of rotatable bonds is 4. The summed E-state index contributed by atoms with van der Waals surface area (Å²) in [6, 6.07) is 0.701.